The number of carboxylic acid groups (broad SMARTS) is 1. The molecule has 108 valence electrons. The molecule has 1 amide bonds. The van der Waals surface area contributed by atoms with Crippen LogP contribution < -0.4 is 5.32 Å². The molecule has 0 saturated carbocycles. The summed E-state index contributed by atoms with van der Waals surface area (Å²) < 4.78 is 5.48. The highest BCUT2D eigenvalue weighted by Gasteiger charge is 2.15. The third kappa shape index (κ3) is 4.47. The summed E-state index contributed by atoms with van der Waals surface area (Å²) in [5, 5.41) is 13.1. The Balaban J connectivity index is 1.78. The van der Waals surface area contributed by atoms with Crippen LogP contribution in [0.3, 0.4) is 0 Å². The Hall–Kier alpha value is -1.66. The fourth-order valence-corrected chi connectivity index (χ4v) is 2.81. The molecule has 0 bridgehead atoms. The lowest BCUT2D eigenvalue weighted by molar-refractivity contribution is -0.131. The summed E-state index contributed by atoms with van der Waals surface area (Å²) in [5.41, 5.74) is 0.562. The zero-order chi connectivity index (χ0) is 14.4. The molecule has 6 heteroatoms. The molecule has 1 aromatic heterocycles. The van der Waals surface area contributed by atoms with Crippen LogP contribution in [-0.4, -0.2) is 36.2 Å². The summed E-state index contributed by atoms with van der Waals surface area (Å²) in [6.07, 6.45) is 5.82. The number of carbonyl (C=O) groups is 2. The van der Waals surface area contributed by atoms with Crippen molar-refractivity contribution in [2.45, 2.75) is 25.4 Å². The summed E-state index contributed by atoms with van der Waals surface area (Å²) in [6.45, 7) is 1.42. The van der Waals surface area contributed by atoms with Gasteiger partial charge in [-0.15, -0.1) is 11.3 Å². The second-order valence-corrected chi connectivity index (χ2v) is 5.53. The molecule has 2 heterocycles. The van der Waals surface area contributed by atoms with E-state index in [1.165, 1.54) is 17.4 Å². The van der Waals surface area contributed by atoms with Crippen molar-refractivity contribution in [3.8, 4) is 0 Å². The van der Waals surface area contributed by atoms with Gasteiger partial charge in [-0.2, -0.15) is 0 Å². The third-order valence-corrected chi connectivity index (χ3v) is 3.95. The van der Waals surface area contributed by atoms with Gasteiger partial charge in [-0.1, -0.05) is 0 Å². The minimum Gasteiger partial charge on any atom is -0.478 e. The summed E-state index contributed by atoms with van der Waals surface area (Å²) in [6, 6.07) is 1.69. The molecular weight excluding hydrogens is 278 g/mol. The van der Waals surface area contributed by atoms with Crippen LogP contribution in [0.25, 0.3) is 6.08 Å². The first-order valence-corrected chi connectivity index (χ1v) is 7.42. The van der Waals surface area contributed by atoms with Crippen LogP contribution in [0, 0.1) is 0 Å². The smallest absolute Gasteiger partial charge is 0.328 e. The van der Waals surface area contributed by atoms with Gasteiger partial charge in [0.25, 0.3) is 5.91 Å². The van der Waals surface area contributed by atoms with E-state index in [4.69, 9.17) is 9.84 Å². The van der Waals surface area contributed by atoms with Crippen LogP contribution in [0.5, 0.6) is 0 Å². The molecule has 1 saturated heterocycles. The number of rotatable bonds is 6. The molecule has 1 aromatic rings. The van der Waals surface area contributed by atoms with Gasteiger partial charge >= 0.3 is 5.97 Å². The van der Waals surface area contributed by atoms with E-state index in [0.29, 0.717) is 12.1 Å². The lowest BCUT2D eigenvalue weighted by atomic mass is 10.2. The van der Waals surface area contributed by atoms with Gasteiger partial charge < -0.3 is 15.2 Å². The third-order valence-electron chi connectivity index (χ3n) is 3.05. The highest BCUT2D eigenvalue weighted by molar-refractivity contribution is 7.11. The molecule has 0 aromatic carbocycles. The van der Waals surface area contributed by atoms with E-state index in [1.54, 1.807) is 11.4 Å². The van der Waals surface area contributed by atoms with Gasteiger partial charge in [0.2, 0.25) is 0 Å². The van der Waals surface area contributed by atoms with Gasteiger partial charge in [0.1, 0.15) is 0 Å². The van der Waals surface area contributed by atoms with E-state index >= 15 is 0 Å². The number of hydrogen-bond donors (Lipinski definition) is 2. The molecule has 1 aliphatic heterocycles. The fraction of sp³-hybridized carbons (Fsp3) is 0.429. The summed E-state index contributed by atoms with van der Waals surface area (Å²) in [4.78, 5) is 23.0. The van der Waals surface area contributed by atoms with Crippen LogP contribution >= 0.6 is 11.3 Å². The predicted molar refractivity (Wildman–Crippen MR) is 76.9 cm³/mol. The maximum Gasteiger partial charge on any atom is 0.328 e. The monoisotopic (exact) mass is 295 g/mol. The van der Waals surface area contributed by atoms with Crippen LogP contribution in [0.15, 0.2) is 17.5 Å². The molecule has 2 N–H and O–H groups in total. The molecule has 2 rings (SSSR count). The zero-order valence-corrected chi connectivity index (χ0v) is 11.8. The van der Waals surface area contributed by atoms with Crippen molar-refractivity contribution in [3.63, 3.8) is 0 Å². The van der Waals surface area contributed by atoms with Gasteiger partial charge in [-0.25, -0.2) is 4.79 Å². The van der Waals surface area contributed by atoms with Crippen molar-refractivity contribution in [1.29, 1.82) is 0 Å². The minimum absolute atomic E-state index is 0.130. The van der Waals surface area contributed by atoms with E-state index in [1.807, 2.05) is 0 Å². The number of carboxylic acids is 1. The van der Waals surface area contributed by atoms with Gasteiger partial charge in [-0.3, -0.25) is 4.79 Å². The molecule has 0 aliphatic carbocycles. The number of nitrogens with one attached hydrogen (secondary N) is 1. The summed E-state index contributed by atoms with van der Waals surface area (Å²) in [5.74, 6) is -1.13. The van der Waals surface area contributed by atoms with Crippen molar-refractivity contribution in [3.05, 3.63) is 28.0 Å². The van der Waals surface area contributed by atoms with E-state index < -0.39 is 5.97 Å². The number of amides is 1. The first-order valence-electron chi connectivity index (χ1n) is 6.54. The topological polar surface area (TPSA) is 75.6 Å². The first kappa shape index (κ1) is 14.7. The lowest BCUT2D eigenvalue weighted by Crippen LogP contribution is -2.26. The normalized spacial score (nSPS) is 18.5. The standard InChI is InChI=1S/C14H17NO4S/c16-13(17)4-3-12-8-10(9-20-12)14(18)15-6-5-11-2-1-7-19-11/h3-4,8-9,11H,1-2,5-7H2,(H,15,18)(H,16,17). The highest BCUT2D eigenvalue weighted by Crippen LogP contribution is 2.17. The van der Waals surface area contributed by atoms with Crippen molar-refractivity contribution in [2.24, 2.45) is 0 Å². The largest absolute Gasteiger partial charge is 0.478 e. The number of hydrogen-bond acceptors (Lipinski definition) is 4. The van der Waals surface area contributed by atoms with E-state index in [0.717, 1.165) is 36.8 Å². The molecule has 1 fully saturated rings. The van der Waals surface area contributed by atoms with Crippen LogP contribution in [0.1, 0.15) is 34.5 Å². The lowest BCUT2D eigenvalue weighted by Gasteiger charge is -2.09. The average molecular weight is 295 g/mol. The van der Waals surface area contributed by atoms with Gasteiger partial charge in [0.05, 0.1) is 11.7 Å². The van der Waals surface area contributed by atoms with Crippen LogP contribution in [0.4, 0.5) is 0 Å². The maximum atomic E-state index is 11.9. The molecule has 0 radical (unpaired) electrons. The second-order valence-electron chi connectivity index (χ2n) is 4.59. The first-order chi connectivity index (χ1) is 9.65. The number of aliphatic carboxylic acids is 1. The maximum absolute atomic E-state index is 11.9. The fourth-order valence-electron chi connectivity index (χ4n) is 2.03. The molecule has 5 nitrogen and oxygen atoms in total. The SMILES string of the molecule is O=C(O)C=Cc1cc(C(=O)NCCC2CCCO2)cs1. The average Bonchev–Trinajstić information content (AvgIpc) is 3.07. The van der Waals surface area contributed by atoms with Gasteiger partial charge in [0.15, 0.2) is 0 Å². The Morgan fingerprint density at radius 1 is 1.55 bits per heavy atom. The Bertz CT molecular complexity index is 503. The van der Waals surface area contributed by atoms with E-state index in [2.05, 4.69) is 5.32 Å². The van der Waals surface area contributed by atoms with Crippen molar-refractivity contribution < 1.29 is 19.4 Å². The predicted octanol–water partition coefficient (Wildman–Crippen LogP) is 2.14. The number of carbonyl (C=O) groups excluding carboxylic acids is 1. The zero-order valence-electron chi connectivity index (χ0n) is 11.0. The van der Waals surface area contributed by atoms with E-state index in [9.17, 15) is 9.59 Å². The molecule has 0 spiro atoms. The van der Waals surface area contributed by atoms with Crippen molar-refractivity contribution in [1.82, 2.24) is 5.32 Å². The molecule has 1 atom stereocenters. The summed E-state index contributed by atoms with van der Waals surface area (Å²) >= 11 is 1.34. The van der Waals surface area contributed by atoms with E-state index in [-0.39, 0.29) is 12.0 Å². The minimum atomic E-state index is -0.999. The Kier molecular flexibility index (Phi) is 5.31. The number of ether oxygens (including phenoxy) is 1. The van der Waals surface area contributed by atoms with Gasteiger partial charge in [0, 0.05) is 29.5 Å². The molecule has 1 unspecified atom stereocenters. The molecular formula is C14H17NO4S. The Morgan fingerprint density at radius 3 is 3.10 bits per heavy atom. The number of thiophene rings is 1. The molecule has 20 heavy (non-hydrogen) atoms. The Labute approximate surface area is 121 Å². The van der Waals surface area contributed by atoms with Crippen LogP contribution in [-0.2, 0) is 9.53 Å². The highest BCUT2D eigenvalue weighted by atomic mass is 32.1. The Morgan fingerprint density at radius 2 is 2.40 bits per heavy atom. The van der Waals surface area contributed by atoms with Crippen molar-refractivity contribution >= 4 is 29.3 Å². The van der Waals surface area contributed by atoms with Crippen LogP contribution in [0.2, 0.25) is 0 Å². The quantitative estimate of drug-likeness (QED) is 0.788. The molecule has 1 aliphatic rings. The summed E-state index contributed by atoms with van der Waals surface area (Å²) in [7, 11) is 0. The van der Waals surface area contributed by atoms with Crippen molar-refractivity contribution in [2.75, 3.05) is 13.2 Å². The second kappa shape index (κ2) is 7.21. The van der Waals surface area contributed by atoms with Gasteiger partial charge in [-0.05, 0) is 31.4 Å².